The fourth-order valence-corrected chi connectivity index (χ4v) is 2.23. The summed E-state index contributed by atoms with van der Waals surface area (Å²) in [6.07, 6.45) is 0. The Bertz CT molecular complexity index is 512. The van der Waals surface area contributed by atoms with Crippen LogP contribution in [0.2, 0.25) is 0 Å². The van der Waals surface area contributed by atoms with Gasteiger partial charge < -0.3 is 14.0 Å². The molecule has 1 aromatic rings. The van der Waals surface area contributed by atoms with Crippen LogP contribution in [0.4, 0.5) is 0 Å². The summed E-state index contributed by atoms with van der Waals surface area (Å²) in [6.45, 7) is 12.8. The van der Waals surface area contributed by atoms with Gasteiger partial charge in [-0.15, -0.1) is 0 Å². The van der Waals surface area contributed by atoms with Gasteiger partial charge in [0.05, 0.1) is 11.2 Å². The summed E-state index contributed by atoms with van der Waals surface area (Å²) in [4.78, 5) is 4.46. The second-order valence-electron chi connectivity index (χ2n) is 6.59. The molecule has 1 heterocycles. The van der Waals surface area contributed by atoms with Crippen molar-refractivity contribution in [2.75, 3.05) is 6.54 Å². The predicted molar refractivity (Wildman–Crippen MR) is 90.1 cm³/mol. The monoisotopic (exact) mass is 303 g/mol. The molecule has 0 saturated carbocycles. The van der Waals surface area contributed by atoms with E-state index in [9.17, 15) is 0 Å². The minimum Gasteiger partial charge on any atom is -0.477 e. The van der Waals surface area contributed by atoms with Gasteiger partial charge in [-0.25, -0.2) is 0 Å². The molecule has 1 saturated heterocycles. The van der Waals surface area contributed by atoms with E-state index in [4.69, 9.17) is 14.0 Å². The molecule has 0 radical (unpaired) electrons. The molecule has 1 fully saturated rings. The Kier molecular flexibility index (Phi) is 4.98. The average molecular weight is 303 g/mol. The quantitative estimate of drug-likeness (QED) is 0.485. The zero-order valence-electron chi connectivity index (χ0n) is 14.4. The molecule has 1 aliphatic rings. The molecule has 22 heavy (non-hydrogen) atoms. The minimum atomic E-state index is -0.407. The fourth-order valence-electron chi connectivity index (χ4n) is 2.23. The van der Waals surface area contributed by atoms with E-state index < -0.39 is 7.12 Å². The van der Waals surface area contributed by atoms with E-state index in [1.165, 1.54) is 0 Å². The number of ether oxygens (including phenoxy) is 1. The third-order valence-electron chi connectivity index (χ3n) is 4.27. The number of hydrogen-bond donors (Lipinski definition) is 0. The van der Waals surface area contributed by atoms with Crippen LogP contribution < -0.4 is 0 Å². The molecule has 0 spiro atoms. The average Bonchev–Trinajstić information content (AvgIpc) is 2.68. The van der Waals surface area contributed by atoms with E-state index in [0.29, 0.717) is 12.4 Å². The lowest BCUT2D eigenvalue weighted by Gasteiger charge is -2.32. The summed E-state index contributed by atoms with van der Waals surface area (Å²) in [6, 6.07) is 9.67. The molecule has 1 aliphatic heterocycles. The molecule has 1 atom stereocenters. The van der Waals surface area contributed by atoms with Crippen LogP contribution in [-0.2, 0) is 14.0 Å². The first-order valence-corrected chi connectivity index (χ1v) is 7.89. The normalized spacial score (nSPS) is 21.7. The number of hydrogen-bond acceptors (Lipinski definition) is 4. The molecule has 1 aromatic carbocycles. The first kappa shape index (κ1) is 17.0. The van der Waals surface area contributed by atoms with Crippen LogP contribution in [0.5, 0.6) is 0 Å². The van der Waals surface area contributed by atoms with E-state index in [1.807, 2.05) is 71.9 Å². The van der Waals surface area contributed by atoms with E-state index in [1.54, 1.807) is 0 Å². The van der Waals surface area contributed by atoms with Gasteiger partial charge in [-0.1, -0.05) is 18.2 Å². The molecule has 0 bridgehead atoms. The Morgan fingerprint density at radius 2 is 1.68 bits per heavy atom. The summed E-state index contributed by atoms with van der Waals surface area (Å²) in [5.74, 6) is 0.630. The first-order valence-electron chi connectivity index (χ1n) is 7.89. The van der Waals surface area contributed by atoms with Crippen molar-refractivity contribution in [3.8, 4) is 0 Å². The van der Waals surface area contributed by atoms with Gasteiger partial charge in [0.1, 0.15) is 6.00 Å². The summed E-state index contributed by atoms with van der Waals surface area (Å²) in [5, 5.41) is 0. The Morgan fingerprint density at radius 1 is 1.14 bits per heavy atom. The van der Waals surface area contributed by atoms with Gasteiger partial charge in [-0.05, 0) is 53.7 Å². The molecule has 4 nitrogen and oxygen atoms in total. The Labute approximate surface area is 134 Å². The first-order chi connectivity index (χ1) is 10.3. The summed E-state index contributed by atoms with van der Waals surface area (Å²) < 4.78 is 18.1. The van der Waals surface area contributed by atoms with Crippen molar-refractivity contribution < 1.29 is 14.0 Å². The number of benzene rings is 1. The summed E-state index contributed by atoms with van der Waals surface area (Å²) >= 11 is 0. The highest BCUT2D eigenvalue weighted by atomic mass is 16.7. The molecular formula is C17H26BNO3. The van der Waals surface area contributed by atoms with Crippen molar-refractivity contribution >= 4 is 13.0 Å². The Morgan fingerprint density at radius 3 is 2.18 bits per heavy atom. The fraction of sp³-hybridized carbons (Fsp3) is 0.588. The van der Waals surface area contributed by atoms with Crippen molar-refractivity contribution in [1.29, 1.82) is 0 Å². The third kappa shape index (κ3) is 3.53. The van der Waals surface area contributed by atoms with Gasteiger partial charge >= 0.3 is 7.12 Å². The molecular weight excluding hydrogens is 277 g/mol. The smallest absolute Gasteiger partial charge is 0.477 e. The third-order valence-corrected chi connectivity index (χ3v) is 4.27. The maximum absolute atomic E-state index is 6.05. The SMILES string of the molecule is CCN=C(OC(C)B1OC(C)(C)C(C)(C)O1)c1ccccc1. The van der Waals surface area contributed by atoms with Crippen LogP contribution in [0.25, 0.3) is 0 Å². The van der Waals surface area contributed by atoms with Crippen LogP contribution >= 0.6 is 0 Å². The lowest BCUT2D eigenvalue weighted by atomic mass is 9.82. The molecule has 1 unspecified atom stereocenters. The molecule has 0 aliphatic carbocycles. The largest absolute Gasteiger partial charge is 0.501 e. The maximum Gasteiger partial charge on any atom is 0.501 e. The predicted octanol–water partition coefficient (Wildman–Crippen LogP) is 3.49. The second kappa shape index (κ2) is 6.43. The van der Waals surface area contributed by atoms with Crippen LogP contribution in [0.3, 0.4) is 0 Å². The zero-order chi connectivity index (χ0) is 16.4. The Hall–Kier alpha value is -1.33. The van der Waals surface area contributed by atoms with Crippen LogP contribution in [0.15, 0.2) is 35.3 Å². The van der Waals surface area contributed by atoms with Gasteiger partial charge in [0.25, 0.3) is 0 Å². The van der Waals surface area contributed by atoms with E-state index >= 15 is 0 Å². The van der Waals surface area contributed by atoms with E-state index in [-0.39, 0.29) is 17.2 Å². The molecule has 5 heteroatoms. The summed E-state index contributed by atoms with van der Waals surface area (Å²) in [7, 11) is -0.407. The number of nitrogens with zero attached hydrogens (tertiary/aromatic N) is 1. The lowest BCUT2D eigenvalue weighted by molar-refractivity contribution is 0.00578. The topological polar surface area (TPSA) is 40.0 Å². The molecule has 0 aromatic heterocycles. The van der Waals surface area contributed by atoms with E-state index in [2.05, 4.69) is 4.99 Å². The molecule has 120 valence electrons. The highest BCUT2D eigenvalue weighted by molar-refractivity contribution is 6.47. The summed E-state index contributed by atoms with van der Waals surface area (Å²) in [5.41, 5.74) is 0.251. The highest BCUT2D eigenvalue weighted by Crippen LogP contribution is 2.37. The van der Waals surface area contributed by atoms with Crippen molar-refractivity contribution in [2.45, 2.75) is 58.7 Å². The van der Waals surface area contributed by atoms with Gasteiger partial charge in [-0.3, -0.25) is 4.99 Å². The second-order valence-corrected chi connectivity index (χ2v) is 6.59. The van der Waals surface area contributed by atoms with Crippen LogP contribution in [-0.4, -0.2) is 36.8 Å². The Balaban J connectivity index is 2.11. The lowest BCUT2D eigenvalue weighted by Crippen LogP contribution is -2.41. The van der Waals surface area contributed by atoms with Gasteiger partial charge in [0, 0.05) is 12.1 Å². The maximum atomic E-state index is 6.05. The standard InChI is InChI=1S/C17H26BNO3/c1-7-19-15(14-11-9-8-10-12-14)20-13(2)18-21-16(3,4)17(5,6)22-18/h8-13H,7H2,1-6H3. The van der Waals surface area contributed by atoms with Gasteiger partial charge in [0.15, 0.2) is 0 Å². The number of rotatable bonds is 4. The molecule has 0 amide bonds. The highest BCUT2D eigenvalue weighted by Gasteiger charge is 2.53. The molecule has 0 N–H and O–H groups in total. The van der Waals surface area contributed by atoms with Crippen molar-refractivity contribution in [1.82, 2.24) is 0 Å². The van der Waals surface area contributed by atoms with E-state index in [0.717, 1.165) is 5.56 Å². The van der Waals surface area contributed by atoms with Crippen molar-refractivity contribution in [3.05, 3.63) is 35.9 Å². The van der Waals surface area contributed by atoms with Crippen LogP contribution in [0.1, 0.15) is 47.1 Å². The van der Waals surface area contributed by atoms with Crippen LogP contribution in [0, 0.1) is 0 Å². The molecule has 2 rings (SSSR count). The van der Waals surface area contributed by atoms with Crippen molar-refractivity contribution in [2.24, 2.45) is 4.99 Å². The van der Waals surface area contributed by atoms with Gasteiger partial charge in [-0.2, -0.15) is 0 Å². The van der Waals surface area contributed by atoms with Crippen molar-refractivity contribution in [3.63, 3.8) is 0 Å². The van der Waals surface area contributed by atoms with Gasteiger partial charge in [0.2, 0.25) is 5.90 Å². The number of aliphatic imine (C=N–C) groups is 1. The minimum absolute atomic E-state index is 0.244. The zero-order valence-corrected chi connectivity index (χ0v) is 14.4.